The minimum atomic E-state index is 0.199. The molecule has 0 bridgehead atoms. The highest BCUT2D eigenvalue weighted by atomic mass is 16.5. The summed E-state index contributed by atoms with van der Waals surface area (Å²) in [6.45, 7) is 5.46. The van der Waals surface area contributed by atoms with Crippen molar-refractivity contribution in [2.24, 2.45) is 9.98 Å². The number of ether oxygens (including phenoxy) is 2. The van der Waals surface area contributed by atoms with Gasteiger partial charge in [0.1, 0.15) is 24.6 Å². The maximum absolute atomic E-state index is 5.65. The van der Waals surface area contributed by atoms with E-state index in [0.717, 1.165) is 24.2 Å². The van der Waals surface area contributed by atoms with E-state index in [4.69, 9.17) is 9.47 Å². The van der Waals surface area contributed by atoms with Crippen LogP contribution in [0.5, 0.6) is 0 Å². The Morgan fingerprint density at radius 2 is 1.80 bits per heavy atom. The highest BCUT2D eigenvalue weighted by Gasteiger charge is 2.22. The Morgan fingerprint density at radius 1 is 1.10 bits per heavy atom. The van der Waals surface area contributed by atoms with Gasteiger partial charge in [-0.2, -0.15) is 0 Å². The highest BCUT2D eigenvalue weighted by Crippen LogP contribution is 2.16. The molecule has 5 nitrogen and oxygen atoms in total. The molecule has 0 unspecified atom stereocenters. The highest BCUT2D eigenvalue weighted by molar-refractivity contribution is 5.97. The normalized spacial score (nSPS) is 24.9. The van der Waals surface area contributed by atoms with Gasteiger partial charge in [-0.25, -0.2) is 15.0 Å². The van der Waals surface area contributed by atoms with Gasteiger partial charge in [-0.3, -0.25) is 0 Å². The molecule has 0 spiro atoms. The second kappa shape index (κ2) is 5.61. The van der Waals surface area contributed by atoms with Gasteiger partial charge in [-0.05, 0) is 25.5 Å². The van der Waals surface area contributed by atoms with E-state index in [0.29, 0.717) is 25.0 Å². The predicted molar refractivity (Wildman–Crippen MR) is 77.4 cm³/mol. The molecule has 3 heterocycles. The van der Waals surface area contributed by atoms with Gasteiger partial charge in [0, 0.05) is 0 Å². The summed E-state index contributed by atoms with van der Waals surface area (Å²) in [6.07, 6.45) is 2.16. The lowest BCUT2D eigenvalue weighted by Gasteiger charge is -2.04. The minimum Gasteiger partial charge on any atom is -0.474 e. The standard InChI is InChI=1S/C15H19N3O2/c1-3-5-11-9-20-15(17-11)13-7-4-6-12(18-13)14-16-10(2)8-19-14/h4,6-7,10-11H,3,5,8-9H2,1-2H3/t10-,11-/m0/s1. The molecular weight excluding hydrogens is 254 g/mol. The first-order chi connectivity index (χ1) is 9.76. The van der Waals surface area contributed by atoms with E-state index < -0.39 is 0 Å². The zero-order valence-corrected chi connectivity index (χ0v) is 11.9. The summed E-state index contributed by atoms with van der Waals surface area (Å²) in [5.41, 5.74) is 1.50. The summed E-state index contributed by atoms with van der Waals surface area (Å²) in [5, 5.41) is 0. The number of rotatable bonds is 4. The molecule has 0 saturated heterocycles. The Morgan fingerprint density at radius 3 is 2.45 bits per heavy atom. The fourth-order valence-corrected chi connectivity index (χ4v) is 2.32. The van der Waals surface area contributed by atoms with Crippen molar-refractivity contribution >= 4 is 11.8 Å². The molecule has 0 saturated carbocycles. The largest absolute Gasteiger partial charge is 0.474 e. The number of aliphatic imine (C=N–C) groups is 2. The third-order valence-corrected chi connectivity index (χ3v) is 3.32. The molecule has 2 aliphatic heterocycles. The molecule has 1 aromatic heterocycles. The molecule has 0 amide bonds. The van der Waals surface area contributed by atoms with Crippen LogP contribution in [0.25, 0.3) is 0 Å². The van der Waals surface area contributed by atoms with E-state index in [-0.39, 0.29) is 12.1 Å². The Kier molecular flexibility index (Phi) is 3.67. The summed E-state index contributed by atoms with van der Waals surface area (Å²) in [6, 6.07) is 6.21. The van der Waals surface area contributed by atoms with Crippen LogP contribution in [0.15, 0.2) is 28.2 Å². The molecule has 20 heavy (non-hydrogen) atoms. The van der Waals surface area contributed by atoms with Crippen molar-refractivity contribution in [3.8, 4) is 0 Å². The van der Waals surface area contributed by atoms with Crippen molar-refractivity contribution in [3.63, 3.8) is 0 Å². The fraction of sp³-hybridized carbons (Fsp3) is 0.533. The van der Waals surface area contributed by atoms with E-state index in [1.807, 2.05) is 25.1 Å². The average Bonchev–Trinajstić information content (AvgIpc) is 3.09. The van der Waals surface area contributed by atoms with Crippen LogP contribution in [0.4, 0.5) is 0 Å². The number of aromatic nitrogens is 1. The van der Waals surface area contributed by atoms with Crippen molar-refractivity contribution in [2.75, 3.05) is 13.2 Å². The molecule has 3 rings (SSSR count). The summed E-state index contributed by atoms with van der Waals surface area (Å²) in [5.74, 6) is 1.25. The summed E-state index contributed by atoms with van der Waals surface area (Å²) >= 11 is 0. The van der Waals surface area contributed by atoms with Gasteiger partial charge >= 0.3 is 0 Å². The number of nitrogens with zero attached hydrogens (tertiary/aromatic N) is 3. The molecule has 2 aliphatic rings. The lowest BCUT2D eigenvalue weighted by atomic mass is 10.2. The summed E-state index contributed by atoms with van der Waals surface area (Å²) in [7, 11) is 0. The Hall–Kier alpha value is -1.91. The third kappa shape index (κ3) is 2.66. The van der Waals surface area contributed by atoms with Gasteiger partial charge in [0.25, 0.3) is 0 Å². The van der Waals surface area contributed by atoms with Crippen LogP contribution in [0.1, 0.15) is 38.1 Å². The van der Waals surface area contributed by atoms with Gasteiger partial charge in [-0.1, -0.05) is 19.4 Å². The van der Waals surface area contributed by atoms with Crippen molar-refractivity contribution < 1.29 is 9.47 Å². The Balaban J connectivity index is 1.82. The predicted octanol–water partition coefficient (Wildman–Crippen LogP) is 2.19. The van der Waals surface area contributed by atoms with E-state index in [2.05, 4.69) is 21.9 Å². The fourth-order valence-electron chi connectivity index (χ4n) is 2.32. The monoisotopic (exact) mass is 273 g/mol. The molecule has 0 N–H and O–H groups in total. The van der Waals surface area contributed by atoms with E-state index in [1.165, 1.54) is 0 Å². The van der Waals surface area contributed by atoms with Crippen LogP contribution < -0.4 is 0 Å². The first-order valence-electron chi connectivity index (χ1n) is 7.15. The minimum absolute atomic E-state index is 0.199. The van der Waals surface area contributed by atoms with Crippen molar-refractivity contribution in [2.45, 2.75) is 38.8 Å². The van der Waals surface area contributed by atoms with Crippen LogP contribution in [-0.4, -0.2) is 42.1 Å². The zero-order valence-electron chi connectivity index (χ0n) is 11.9. The number of pyridine rings is 1. The van der Waals surface area contributed by atoms with E-state index in [1.54, 1.807) is 0 Å². The smallest absolute Gasteiger partial charge is 0.235 e. The van der Waals surface area contributed by atoms with Gasteiger partial charge < -0.3 is 9.47 Å². The molecular formula is C15H19N3O2. The van der Waals surface area contributed by atoms with Gasteiger partial charge in [0.05, 0.1) is 12.1 Å². The van der Waals surface area contributed by atoms with E-state index in [9.17, 15) is 0 Å². The third-order valence-electron chi connectivity index (χ3n) is 3.32. The van der Waals surface area contributed by atoms with Gasteiger partial charge in [0.15, 0.2) is 0 Å². The van der Waals surface area contributed by atoms with Gasteiger partial charge in [0.2, 0.25) is 11.8 Å². The van der Waals surface area contributed by atoms with Crippen LogP contribution in [0, 0.1) is 0 Å². The van der Waals surface area contributed by atoms with Gasteiger partial charge in [-0.15, -0.1) is 0 Å². The molecule has 5 heteroatoms. The van der Waals surface area contributed by atoms with Crippen molar-refractivity contribution in [1.82, 2.24) is 4.98 Å². The van der Waals surface area contributed by atoms with Crippen LogP contribution in [0.2, 0.25) is 0 Å². The summed E-state index contributed by atoms with van der Waals surface area (Å²) in [4.78, 5) is 13.6. The number of hydrogen-bond acceptors (Lipinski definition) is 5. The Labute approximate surface area is 118 Å². The second-order valence-electron chi connectivity index (χ2n) is 5.19. The molecule has 1 aromatic rings. The molecule has 0 aliphatic carbocycles. The van der Waals surface area contributed by atoms with Crippen molar-refractivity contribution in [1.29, 1.82) is 0 Å². The van der Waals surface area contributed by atoms with Crippen LogP contribution >= 0.6 is 0 Å². The average molecular weight is 273 g/mol. The van der Waals surface area contributed by atoms with E-state index >= 15 is 0 Å². The molecule has 2 atom stereocenters. The second-order valence-corrected chi connectivity index (χ2v) is 5.19. The van der Waals surface area contributed by atoms with Crippen LogP contribution in [-0.2, 0) is 9.47 Å². The maximum atomic E-state index is 5.65. The quantitative estimate of drug-likeness (QED) is 0.845. The maximum Gasteiger partial charge on any atom is 0.235 e. The molecule has 0 fully saturated rings. The molecule has 0 radical (unpaired) electrons. The van der Waals surface area contributed by atoms with Crippen molar-refractivity contribution in [3.05, 3.63) is 29.6 Å². The zero-order chi connectivity index (χ0) is 13.9. The summed E-state index contributed by atoms with van der Waals surface area (Å²) < 4.78 is 11.2. The first-order valence-corrected chi connectivity index (χ1v) is 7.15. The topological polar surface area (TPSA) is 56.1 Å². The lowest BCUT2D eigenvalue weighted by Crippen LogP contribution is -2.10. The SMILES string of the molecule is CCC[C@H]1COC(c2cccc(C3=N[C@@H](C)CO3)n2)=N1. The number of hydrogen-bond donors (Lipinski definition) is 0. The Bertz CT molecular complexity index is 554. The van der Waals surface area contributed by atoms with Crippen LogP contribution in [0.3, 0.4) is 0 Å². The molecule has 0 aromatic carbocycles. The molecule has 106 valence electrons. The lowest BCUT2D eigenvalue weighted by molar-refractivity contribution is 0.310. The first kappa shape index (κ1) is 13.1.